The minimum Gasteiger partial charge on any atom is -0.481 e. The third-order valence-electron chi connectivity index (χ3n) is 2.79. The lowest BCUT2D eigenvalue weighted by atomic mass is 10.2. The molecule has 0 radical (unpaired) electrons. The first-order chi connectivity index (χ1) is 9.09. The molecular weight excluding hydrogens is 254 g/mol. The quantitative estimate of drug-likeness (QED) is 0.512. The van der Waals surface area contributed by atoms with Crippen molar-refractivity contribution in [3.05, 3.63) is 0 Å². The smallest absolute Gasteiger partial charge is 0.407 e. The van der Waals surface area contributed by atoms with Gasteiger partial charge in [-0.2, -0.15) is 0 Å². The van der Waals surface area contributed by atoms with Crippen molar-refractivity contribution in [2.45, 2.75) is 12.5 Å². The van der Waals surface area contributed by atoms with Crippen LogP contribution in [0.5, 0.6) is 0 Å². The number of rotatable bonds is 2. The number of piperazine rings is 1. The molecule has 110 valence electrons. The molecule has 8 heteroatoms. The SMILES string of the molecule is O=C(O)CC1CNCCO1.O=C(O)N1CCNCC1. The molecule has 2 saturated heterocycles. The van der Waals surface area contributed by atoms with Gasteiger partial charge in [-0.1, -0.05) is 0 Å². The Kier molecular flexibility index (Phi) is 7.16. The van der Waals surface area contributed by atoms with Crippen LogP contribution in [0, 0.1) is 0 Å². The zero-order valence-corrected chi connectivity index (χ0v) is 10.8. The van der Waals surface area contributed by atoms with Crippen LogP contribution in [0.2, 0.25) is 0 Å². The molecule has 0 aromatic rings. The van der Waals surface area contributed by atoms with E-state index in [1.54, 1.807) is 0 Å². The first kappa shape index (κ1) is 15.7. The molecule has 0 aromatic carbocycles. The Morgan fingerprint density at radius 3 is 2.26 bits per heavy atom. The molecule has 0 aromatic heterocycles. The highest BCUT2D eigenvalue weighted by Crippen LogP contribution is 2.00. The van der Waals surface area contributed by atoms with E-state index in [-0.39, 0.29) is 12.5 Å². The van der Waals surface area contributed by atoms with Gasteiger partial charge in [0.15, 0.2) is 0 Å². The highest BCUT2D eigenvalue weighted by Gasteiger charge is 2.16. The average Bonchev–Trinajstić information content (AvgIpc) is 2.41. The van der Waals surface area contributed by atoms with Gasteiger partial charge in [-0.05, 0) is 0 Å². The van der Waals surface area contributed by atoms with Gasteiger partial charge in [0.2, 0.25) is 0 Å². The first-order valence-corrected chi connectivity index (χ1v) is 6.32. The molecule has 0 spiro atoms. The van der Waals surface area contributed by atoms with Gasteiger partial charge in [0.1, 0.15) is 0 Å². The van der Waals surface area contributed by atoms with Gasteiger partial charge >= 0.3 is 12.1 Å². The van der Waals surface area contributed by atoms with Crippen LogP contribution in [-0.2, 0) is 9.53 Å². The number of nitrogens with one attached hydrogen (secondary N) is 2. The van der Waals surface area contributed by atoms with E-state index in [4.69, 9.17) is 14.9 Å². The van der Waals surface area contributed by atoms with Crippen LogP contribution in [0.3, 0.4) is 0 Å². The van der Waals surface area contributed by atoms with E-state index in [9.17, 15) is 9.59 Å². The van der Waals surface area contributed by atoms with Crippen molar-refractivity contribution in [3.8, 4) is 0 Å². The lowest BCUT2D eigenvalue weighted by Gasteiger charge is -2.23. The highest BCUT2D eigenvalue weighted by molar-refractivity contribution is 5.67. The van der Waals surface area contributed by atoms with Gasteiger partial charge < -0.3 is 30.5 Å². The number of amides is 1. The van der Waals surface area contributed by atoms with Crippen LogP contribution < -0.4 is 10.6 Å². The summed E-state index contributed by atoms with van der Waals surface area (Å²) in [6.07, 6.45) is -0.838. The van der Waals surface area contributed by atoms with E-state index in [1.165, 1.54) is 4.90 Å². The molecule has 0 saturated carbocycles. The predicted octanol–water partition coefficient (Wildman–Crippen LogP) is -0.981. The number of carboxylic acid groups (broad SMARTS) is 2. The fraction of sp³-hybridized carbons (Fsp3) is 0.818. The molecule has 2 heterocycles. The van der Waals surface area contributed by atoms with E-state index in [2.05, 4.69) is 10.6 Å². The second-order valence-corrected chi connectivity index (χ2v) is 4.31. The molecule has 8 nitrogen and oxygen atoms in total. The molecule has 1 atom stereocenters. The largest absolute Gasteiger partial charge is 0.481 e. The van der Waals surface area contributed by atoms with Crippen molar-refractivity contribution in [2.75, 3.05) is 45.9 Å². The fourth-order valence-corrected chi connectivity index (χ4v) is 1.80. The van der Waals surface area contributed by atoms with E-state index in [1.807, 2.05) is 0 Å². The molecule has 1 amide bonds. The maximum atomic E-state index is 10.3. The van der Waals surface area contributed by atoms with E-state index < -0.39 is 12.1 Å². The second-order valence-electron chi connectivity index (χ2n) is 4.31. The minimum atomic E-state index is -0.809. The fourth-order valence-electron chi connectivity index (χ4n) is 1.80. The summed E-state index contributed by atoms with van der Waals surface area (Å²) >= 11 is 0. The molecule has 19 heavy (non-hydrogen) atoms. The molecule has 4 N–H and O–H groups in total. The number of aliphatic carboxylic acids is 1. The van der Waals surface area contributed by atoms with Crippen molar-refractivity contribution in [3.63, 3.8) is 0 Å². The normalized spacial score (nSPS) is 23.2. The van der Waals surface area contributed by atoms with Crippen LogP contribution in [0.15, 0.2) is 0 Å². The predicted molar refractivity (Wildman–Crippen MR) is 67.3 cm³/mol. The Morgan fingerprint density at radius 2 is 1.84 bits per heavy atom. The highest BCUT2D eigenvalue weighted by atomic mass is 16.5. The van der Waals surface area contributed by atoms with Crippen LogP contribution in [0.25, 0.3) is 0 Å². The lowest BCUT2D eigenvalue weighted by Crippen LogP contribution is -2.45. The molecule has 0 bridgehead atoms. The van der Waals surface area contributed by atoms with Gasteiger partial charge in [-0.3, -0.25) is 4.79 Å². The molecule has 1 unspecified atom stereocenters. The Bertz CT molecular complexity index is 288. The number of hydrogen-bond donors (Lipinski definition) is 4. The topological polar surface area (TPSA) is 111 Å². The minimum absolute atomic E-state index is 0.104. The maximum absolute atomic E-state index is 10.3. The van der Waals surface area contributed by atoms with Gasteiger partial charge in [0.25, 0.3) is 0 Å². The van der Waals surface area contributed by atoms with Crippen molar-refractivity contribution in [1.82, 2.24) is 15.5 Å². The summed E-state index contributed by atoms with van der Waals surface area (Å²) in [6, 6.07) is 0. The maximum Gasteiger partial charge on any atom is 0.407 e. The van der Waals surface area contributed by atoms with E-state index in [0.717, 1.165) is 19.6 Å². The first-order valence-electron chi connectivity index (χ1n) is 6.32. The number of hydrogen-bond acceptors (Lipinski definition) is 5. The molecule has 0 aliphatic carbocycles. The zero-order valence-electron chi connectivity index (χ0n) is 10.8. The summed E-state index contributed by atoms with van der Waals surface area (Å²) in [5.74, 6) is -0.797. The standard InChI is InChI=1S/C6H11NO3.C5H10N2O2/c8-6(9)3-5-4-7-1-2-10-5;8-5(9)7-3-1-6-2-4-7/h5,7H,1-4H2,(H,8,9);6H,1-4H2,(H,8,9). The molecular formula is C11H21N3O5. The molecule has 2 aliphatic heterocycles. The van der Waals surface area contributed by atoms with Crippen molar-refractivity contribution >= 4 is 12.1 Å². The van der Waals surface area contributed by atoms with Crippen LogP contribution in [-0.4, -0.2) is 79.2 Å². The number of morpholine rings is 1. The van der Waals surface area contributed by atoms with E-state index in [0.29, 0.717) is 26.2 Å². The Balaban J connectivity index is 0.000000191. The van der Waals surface area contributed by atoms with Crippen molar-refractivity contribution in [1.29, 1.82) is 0 Å². The number of ether oxygens (including phenoxy) is 1. The molecule has 2 aliphatic rings. The third kappa shape index (κ3) is 6.94. The number of carbonyl (C=O) groups is 2. The van der Waals surface area contributed by atoms with Gasteiger partial charge in [-0.25, -0.2) is 4.79 Å². The second kappa shape index (κ2) is 8.68. The lowest BCUT2D eigenvalue weighted by molar-refractivity contribution is -0.140. The molecule has 2 fully saturated rings. The summed E-state index contributed by atoms with van der Waals surface area (Å²) < 4.78 is 5.15. The summed E-state index contributed by atoms with van der Waals surface area (Å²) in [4.78, 5) is 21.8. The van der Waals surface area contributed by atoms with Crippen LogP contribution in [0.1, 0.15) is 6.42 Å². The van der Waals surface area contributed by atoms with Gasteiger partial charge in [0, 0.05) is 39.3 Å². The van der Waals surface area contributed by atoms with Gasteiger partial charge in [0.05, 0.1) is 19.1 Å². The summed E-state index contributed by atoms with van der Waals surface area (Å²) in [7, 11) is 0. The third-order valence-corrected chi connectivity index (χ3v) is 2.79. The average molecular weight is 275 g/mol. The van der Waals surface area contributed by atoms with Crippen molar-refractivity contribution < 1.29 is 24.5 Å². The zero-order chi connectivity index (χ0) is 14.1. The monoisotopic (exact) mass is 275 g/mol. The summed E-state index contributed by atoms with van der Waals surface area (Å²) in [5, 5.41) is 22.9. The van der Waals surface area contributed by atoms with Crippen LogP contribution in [0.4, 0.5) is 4.79 Å². The Hall–Kier alpha value is -1.38. The van der Waals surface area contributed by atoms with Crippen LogP contribution >= 0.6 is 0 Å². The summed E-state index contributed by atoms with van der Waals surface area (Å²) in [6.45, 7) is 4.92. The number of carboxylic acids is 1. The molecule has 2 rings (SSSR count). The Morgan fingerprint density at radius 1 is 1.16 bits per heavy atom. The van der Waals surface area contributed by atoms with Gasteiger partial charge in [-0.15, -0.1) is 0 Å². The summed E-state index contributed by atoms with van der Waals surface area (Å²) in [5.41, 5.74) is 0. The van der Waals surface area contributed by atoms with E-state index >= 15 is 0 Å². The number of nitrogens with zero attached hydrogens (tertiary/aromatic N) is 1. The van der Waals surface area contributed by atoms with Crippen molar-refractivity contribution in [2.24, 2.45) is 0 Å². The Labute approximate surface area is 111 Å².